The van der Waals surface area contributed by atoms with Gasteiger partial charge in [0.25, 0.3) is 0 Å². The lowest BCUT2D eigenvalue weighted by molar-refractivity contribution is 0.306. The minimum atomic E-state index is -0.435. The van der Waals surface area contributed by atoms with Crippen molar-refractivity contribution in [3.63, 3.8) is 0 Å². The van der Waals surface area contributed by atoms with Crippen molar-refractivity contribution in [1.29, 1.82) is 0 Å². The number of hydrogen-bond donors (Lipinski definition) is 1. The van der Waals surface area contributed by atoms with Gasteiger partial charge in [-0.15, -0.1) is 0 Å². The molecule has 0 aliphatic heterocycles. The zero-order valence-corrected chi connectivity index (χ0v) is 12.4. The first-order chi connectivity index (χ1) is 9.47. The van der Waals surface area contributed by atoms with Crippen molar-refractivity contribution in [3.05, 3.63) is 63.9 Å². The molecule has 0 fully saturated rings. The van der Waals surface area contributed by atoms with Crippen molar-refractivity contribution in [2.45, 2.75) is 13.5 Å². The van der Waals surface area contributed by atoms with E-state index in [0.717, 1.165) is 11.1 Å². The van der Waals surface area contributed by atoms with E-state index in [4.69, 9.17) is 34.3 Å². The maximum atomic E-state index is 13.5. The Morgan fingerprint density at radius 2 is 2.05 bits per heavy atom. The van der Waals surface area contributed by atoms with Gasteiger partial charge in [-0.1, -0.05) is 36.0 Å². The Morgan fingerprint density at radius 3 is 2.75 bits per heavy atom. The summed E-state index contributed by atoms with van der Waals surface area (Å²) in [5, 5.41) is 0.535. The highest BCUT2D eigenvalue weighted by atomic mass is 35.5. The molecule has 20 heavy (non-hydrogen) atoms. The fourth-order valence-corrected chi connectivity index (χ4v) is 2.06. The van der Waals surface area contributed by atoms with E-state index in [9.17, 15) is 4.39 Å². The minimum absolute atomic E-state index is 0.0259. The van der Waals surface area contributed by atoms with Gasteiger partial charge in [0.2, 0.25) is 0 Å². The van der Waals surface area contributed by atoms with Gasteiger partial charge in [0.1, 0.15) is 23.2 Å². The van der Waals surface area contributed by atoms with Crippen molar-refractivity contribution < 1.29 is 9.13 Å². The Hall–Kier alpha value is -1.65. The molecule has 0 saturated carbocycles. The lowest BCUT2D eigenvalue weighted by Gasteiger charge is -2.10. The van der Waals surface area contributed by atoms with E-state index < -0.39 is 5.82 Å². The molecule has 0 unspecified atom stereocenters. The fraction of sp³-hybridized carbons (Fsp3) is 0.133. The summed E-state index contributed by atoms with van der Waals surface area (Å²) in [7, 11) is 0. The lowest BCUT2D eigenvalue weighted by atomic mass is 10.1. The summed E-state index contributed by atoms with van der Waals surface area (Å²) in [5.41, 5.74) is 7.50. The predicted octanol–water partition coefficient (Wildman–Crippen LogP) is 4.00. The SMILES string of the molecule is Cc1ccc(Cl)c(OCc2ccc(F)c(C(N)=S)c2)c1. The van der Waals surface area contributed by atoms with Gasteiger partial charge in [-0.2, -0.15) is 0 Å². The van der Waals surface area contributed by atoms with Gasteiger partial charge >= 0.3 is 0 Å². The second-order valence-corrected chi connectivity index (χ2v) is 5.25. The average Bonchev–Trinajstić information content (AvgIpc) is 2.41. The van der Waals surface area contributed by atoms with E-state index in [1.807, 2.05) is 19.1 Å². The van der Waals surface area contributed by atoms with Gasteiger partial charge in [0.15, 0.2) is 0 Å². The van der Waals surface area contributed by atoms with Gasteiger partial charge in [-0.3, -0.25) is 0 Å². The summed E-state index contributed by atoms with van der Waals surface area (Å²) in [6.07, 6.45) is 0. The summed E-state index contributed by atoms with van der Waals surface area (Å²) in [4.78, 5) is 0.0259. The van der Waals surface area contributed by atoms with Crippen LogP contribution in [0.15, 0.2) is 36.4 Å². The van der Waals surface area contributed by atoms with Crippen molar-refractivity contribution >= 4 is 28.8 Å². The Kier molecular flexibility index (Phi) is 4.57. The molecular formula is C15H13ClFNOS. The van der Waals surface area contributed by atoms with Crippen molar-refractivity contribution in [2.75, 3.05) is 0 Å². The molecule has 0 saturated heterocycles. The van der Waals surface area contributed by atoms with E-state index in [0.29, 0.717) is 10.8 Å². The zero-order valence-electron chi connectivity index (χ0n) is 10.8. The summed E-state index contributed by atoms with van der Waals surface area (Å²) in [6, 6.07) is 10.1. The summed E-state index contributed by atoms with van der Waals surface area (Å²) in [6.45, 7) is 2.21. The number of hydrogen-bond acceptors (Lipinski definition) is 2. The molecule has 0 aromatic heterocycles. The molecule has 2 nitrogen and oxygen atoms in total. The van der Waals surface area contributed by atoms with Crippen molar-refractivity contribution in [3.8, 4) is 5.75 Å². The molecule has 0 amide bonds. The van der Waals surface area contributed by atoms with Crippen LogP contribution in [0.2, 0.25) is 5.02 Å². The van der Waals surface area contributed by atoms with Crippen molar-refractivity contribution in [1.82, 2.24) is 0 Å². The number of nitrogens with two attached hydrogens (primary N) is 1. The summed E-state index contributed by atoms with van der Waals surface area (Å²) >= 11 is 10.8. The first kappa shape index (κ1) is 14.8. The standard InChI is InChI=1S/C15H13ClFNOS/c1-9-2-4-12(16)14(6-9)19-8-10-3-5-13(17)11(7-10)15(18)20/h2-7H,8H2,1H3,(H2,18,20). The van der Waals surface area contributed by atoms with Gasteiger partial charge in [0, 0.05) is 5.56 Å². The molecule has 2 N–H and O–H groups in total. The van der Waals surface area contributed by atoms with Gasteiger partial charge in [-0.05, 0) is 42.3 Å². The van der Waals surface area contributed by atoms with Crippen LogP contribution in [0.25, 0.3) is 0 Å². The number of ether oxygens (including phenoxy) is 1. The molecule has 0 radical (unpaired) electrons. The molecule has 0 atom stereocenters. The maximum Gasteiger partial charge on any atom is 0.138 e. The highest BCUT2D eigenvalue weighted by Crippen LogP contribution is 2.26. The van der Waals surface area contributed by atoms with Crippen LogP contribution < -0.4 is 10.5 Å². The molecule has 0 spiro atoms. The summed E-state index contributed by atoms with van der Waals surface area (Å²) in [5.74, 6) is 0.155. The lowest BCUT2D eigenvalue weighted by Crippen LogP contribution is -2.12. The second kappa shape index (κ2) is 6.20. The number of rotatable bonds is 4. The highest BCUT2D eigenvalue weighted by Gasteiger charge is 2.07. The highest BCUT2D eigenvalue weighted by molar-refractivity contribution is 7.80. The first-order valence-corrected chi connectivity index (χ1v) is 6.73. The van der Waals surface area contributed by atoms with Crippen LogP contribution in [0.1, 0.15) is 16.7 Å². The van der Waals surface area contributed by atoms with E-state index in [2.05, 4.69) is 0 Å². The van der Waals surface area contributed by atoms with E-state index in [1.165, 1.54) is 6.07 Å². The van der Waals surface area contributed by atoms with Gasteiger partial charge in [0.05, 0.1) is 5.02 Å². The normalized spacial score (nSPS) is 10.3. The molecule has 0 aliphatic rings. The first-order valence-electron chi connectivity index (χ1n) is 5.94. The molecule has 2 rings (SSSR count). The van der Waals surface area contributed by atoms with Crippen LogP contribution in [-0.4, -0.2) is 4.99 Å². The van der Waals surface area contributed by atoms with Crippen LogP contribution in [0.4, 0.5) is 4.39 Å². The molecule has 0 aliphatic carbocycles. The zero-order chi connectivity index (χ0) is 14.7. The fourth-order valence-electron chi connectivity index (χ4n) is 1.73. The molecule has 0 bridgehead atoms. The molecule has 5 heteroatoms. The quantitative estimate of drug-likeness (QED) is 0.867. The van der Waals surface area contributed by atoms with Crippen LogP contribution in [0, 0.1) is 12.7 Å². The Morgan fingerprint density at radius 1 is 1.30 bits per heavy atom. The molecule has 104 valence electrons. The Bertz CT molecular complexity index is 660. The average molecular weight is 310 g/mol. The number of thiocarbonyl (C=S) groups is 1. The van der Waals surface area contributed by atoms with Crippen LogP contribution in [0.5, 0.6) is 5.75 Å². The second-order valence-electron chi connectivity index (χ2n) is 4.40. The largest absolute Gasteiger partial charge is 0.487 e. The van der Waals surface area contributed by atoms with Gasteiger partial charge in [-0.25, -0.2) is 4.39 Å². The third-order valence-electron chi connectivity index (χ3n) is 2.78. The monoisotopic (exact) mass is 309 g/mol. The van der Waals surface area contributed by atoms with Crippen LogP contribution in [0.3, 0.4) is 0 Å². The third kappa shape index (κ3) is 3.46. The summed E-state index contributed by atoms with van der Waals surface area (Å²) < 4.78 is 19.1. The van der Waals surface area contributed by atoms with Crippen LogP contribution in [-0.2, 0) is 6.61 Å². The smallest absolute Gasteiger partial charge is 0.138 e. The van der Waals surface area contributed by atoms with E-state index >= 15 is 0 Å². The Balaban J connectivity index is 2.17. The molecule has 0 heterocycles. The van der Waals surface area contributed by atoms with E-state index in [1.54, 1.807) is 18.2 Å². The predicted molar refractivity (Wildman–Crippen MR) is 82.8 cm³/mol. The Labute approximate surface area is 127 Å². The topological polar surface area (TPSA) is 35.2 Å². The molecular weight excluding hydrogens is 297 g/mol. The molecule has 2 aromatic rings. The third-order valence-corrected chi connectivity index (χ3v) is 3.31. The van der Waals surface area contributed by atoms with Gasteiger partial charge < -0.3 is 10.5 Å². The number of benzene rings is 2. The van der Waals surface area contributed by atoms with Crippen molar-refractivity contribution in [2.24, 2.45) is 5.73 Å². The number of halogens is 2. The maximum absolute atomic E-state index is 13.5. The van der Waals surface area contributed by atoms with E-state index in [-0.39, 0.29) is 17.2 Å². The minimum Gasteiger partial charge on any atom is -0.487 e. The van der Waals surface area contributed by atoms with Crippen LogP contribution >= 0.6 is 23.8 Å². The number of aryl methyl sites for hydroxylation is 1. The molecule has 2 aromatic carbocycles.